The number of rotatable bonds is 4. The van der Waals surface area contributed by atoms with E-state index in [1.807, 2.05) is 19.1 Å². The Morgan fingerprint density at radius 3 is 2.35 bits per heavy atom. The predicted octanol–water partition coefficient (Wildman–Crippen LogP) is 1.70. The molecule has 1 N–H and O–H groups in total. The lowest BCUT2D eigenvalue weighted by atomic mass is 10.1. The molecule has 0 saturated carbocycles. The minimum absolute atomic E-state index is 0.0433. The summed E-state index contributed by atoms with van der Waals surface area (Å²) in [5, 5.41) is 3.15. The molecule has 1 aliphatic rings. The molecule has 1 fully saturated rings. The average molecular weight is 353 g/mol. The van der Waals surface area contributed by atoms with Gasteiger partial charge in [0.2, 0.25) is 11.9 Å². The number of hydrogen-bond acceptors (Lipinski definition) is 5. The van der Waals surface area contributed by atoms with E-state index in [1.54, 1.807) is 29.0 Å². The third-order valence-electron chi connectivity index (χ3n) is 4.46. The number of benzene rings is 1. The van der Waals surface area contributed by atoms with Gasteiger partial charge in [-0.2, -0.15) is 0 Å². The van der Waals surface area contributed by atoms with Crippen molar-refractivity contribution in [3.8, 4) is 0 Å². The molecule has 0 unspecified atom stereocenters. The summed E-state index contributed by atoms with van der Waals surface area (Å²) in [6.07, 6.45) is 1.59. The Labute approximate surface area is 153 Å². The maximum absolute atomic E-state index is 12.6. The summed E-state index contributed by atoms with van der Waals surface area (Å²) in [6.45, 7) is 6.35. The molecule has 7 nitrogen and oxygen atoms in total. The minimum atomic E-state index is -0.131. The van der Waals surface area contributed by atoms with E-state index >= 15 is 0 Å². The average Bonchev–Trinajstić information content (AvgIpc) is 2.67. The van der Waals surface area contributed by atoms with Crippen LogP contribution in [0.25, 0.3) is 0 Å². The van der Waals surface area contributed by atoms with Crippen molar-refractivity contribution < 1.29 is 9.59 Å². The summed E-state index contributed by atoms with van der Waals surface area (Å²) >= 11 is 0. The fourth-order valence-electron chi connectivity index (χ4n) is 2.84. The molecule has 2 heterocycles. The second-order valence-corrected chi connectivity index (χ2v) is 6.40. The number of carbonyl (C=O) groups excluding carboxylic acids is 2. The van der Waals surface area contributed by atoms with Crippen LogP contribution >= 0.6 is 0 Å². The Morgan fingerprint density at radius 2 is 1.69 bits per heavy atom. The van der Waals surface area contributed by atoms with Crippen LogP contribution in [0.2, 0.25) is 0 Å². The second-order valence-electron chi connectivity index (χ2n) is 6.40. The number of carbonyl (C=O) groups is 2. The zero-order chi connectivity index (χ0) is 18.5. The molecule has 1 saturated heterocycles. The molecular formula is C19H23N5O2. The molecule has 0 aliphatic carbocycles. The van der Waals surface area contributed by atoms with E-state index in [4.69, 9.17) is 0 Å². The van der Waals surface area contributed by atoms with E-state index in [2.05, 4.69) is 27.4 Å². The molecule has 136 valence electrons. The summed E-state index contributed by atoms with van der Waals surface area (Å²) in [7, 11) is 0. The number of amides is 2. The standard InChI is InChI=1S/C19H23N5O2/c1-14-3-5-16(6-4-14)13-21-19-20-8-7-17(22-19)18(26)24-11-9-23(10-12-24)15(2)25/h3-8H,9-13H2,1-2H3,(H,20,21,22). The van der Waals surface area contributed by atoms with Crippen molar-refractivity contribution in [1.29, 1.82) is 0 Å². The lowest BCUT2D eigenvalue weighted by molar-refractivity contribution is -0.130. The summed E-state index contributed by atoms with van der Waals surface area (Å²) < 4.78 is 0. The Morgan fingerprint density at radius 1 is 1.04 bits per heavy atom. The van der Waals surface area contributed by atoms with Crippen LogP contribution in [0.5, 0.6) is 0 Å². The monoisotopic (exact) mass is 353 g/mol. The van der Waals surface area contributed by atoms with Crippen LogP contribution in [0, 0.1) is 6.92 Å². The van der Waals surface area contributed by atoms with Crippen molar-refractivity contribution in [3.63, 3.8) is 0 Å². The van der Waals surface area contributed by atoms with Gasteiger partial charge in [0, 0.05) is 45.8 Å². The number of aryl methyl sites for hydroxylation is 1. The highest BCUT2D eigenvalue weighted by Crippen LogP contribution is 2.10. The number of nitrogens with zero attached hydrogens (tertiary/aromatic N) is 4. The molecular weight excluding hydrogens is 330 g/mol. The van der Waals surface area contributed by atoms with Crippen LogP contribution in [0.3, 0.4) is 0 Å². The molecule has 0 bridgehead atoms. The lowest BCUT2D eigenvalue weighted by Gasteiger charge is -2.34. The van der Waals surface area contributed by atoms with Crippen molar-refractivity contribution in [3.05, 3.63) is 53.3 Å². The zero-order valence-corrected chi connectivity index (χ0v) is 15.1. The van der Waals surface area contributed by atoms with Crippen LogP contribution in [-0.4, -0.2) is 57.8 Å². The van der Waals surface area contributed by atoms with Gasteiger partial charge in [0.05, 0.1) is 0 Å². The summed E-state index contributed by atoms with van der Waals surface area (Å²) in [5.41, 5.74) is 2.70. The van der Waals surface area contributed by atoms with E-state index in [-0.39, 0.29) is 11.8 Å². The topological polar surface area (TPSA) is 78.4 Å². The van der Waals surface area contributed by atoms with Crippen LogP contribution in [0.4, 0.5) is 5.95 Å². The molecule has 1 aromatic heterocycles. The van der Waals surface area contributed by atoms with E-state index in [9.17, 15) is 9.59 Å². The largest absolute Gasteiger partial charge is 0.350 e. The second kappa shape index (κ2) is 7.95. The van der Waals surface area contributed by atoms with Gasteiger partial charge in [0.25, 0.3) is 5.91 Å². The first-order valence-electron chi connectivity index (χ1n) is 8.70. The van der Waals surface area contributed by atoms with Crippen molar-refractivity contribution in [1.82, 2.24) is 19.8 Å². The first-order chi connectivity index (χ1) is 12.5. The highest BCUT2D eigenvalue weighted by atomic mass is 16.2. The van der Waals surface area contributed by atoms with Crippen molar-refractivity contribution in [2.24, 2.45) is 0 Å². The molecule has 0 spiro atoms. The van der Waals surface area contributed by atoms with Crippen LogP contribution < -0.4 is 5.32 Å². The van der Waals surface area contributed by atoms with Crippen LogP contribution in [0.15, 0.2) is 36.5 Å². The van der Waals surface area contributed by atoms with Gasteiger partial charge in [-0.1, -0.05) is 29.8 Å². The molecule has 0 radical (unpaired) electrons. The first kappa shape index (κ1) is 17.8. The minimum Gasteiger partial charge on any atom is -0.350 e. The quantitative estimate of drug-likeness (QED) is 0.905. The fraction of sp³-hybridized carbons (Fsp3) is 0.368. The lowest BCUT2D eigenvalue weighted by Crippen LogP contribution is -2.50. The van der Waals surface area contributed by atoms with Crippen molar-refractivity contribution >= 4 is 17.8 Å². The Hall–Kier alpha value is -2.96. The van der Waals surface area contributed by atoms with E-state index in [1.165, 1.54) is 5.56 Å². The highest BCUT2D eigenvalue weighted by Gasteiger charge is 2.24. The van der Waals surface area contributed by atoms with Gasteiger partial charge in [-0.3, -0.25) is 9.59 Å². The third kappa shape index (κ3) is 4.36. The molecule has 2 amide bonds. The van der Waals surface area contributed by atoms with E-state index in [0.29, 0.717) is 44.4 Å². The Kier molecular flexibility index (Phi) is 5.46. The van der Waals surface area contributed by atoms with Gasteiger partial charge in [0.1, 0.15) is 5.69 Å². The highest BCUT2D eigenvalue weighted by molar-refractivity contribution is 5.92. The Bertz CT molecular complexity index is 783. The van der Waals surface area contributed by atoms with Gasteiger partial charge in [-0.05, 0) is 18.6 Å². The molecule has 26 heavy (non-hydrogen) atoms. The first-order valence-corrected chi connectivity index (χ1v) is 8.70. The Balaban J connectivity index is 1.60. The summed E-state index contributed by atoms with van der Waals surface area (Å²) in [6, 6.07) is 9.82. The molecule has 7 heteroatoms. The van der Waals surface area contributed by atoms with Crippen molar-refractivity contribution in [2.75, 3.05) is 31.5 Å². The van der Waals surface area contributed by atoms with Crippen molar-refractivity contribution in [2.45, 2.75) is 20.4 Å². The smallest absolute Gasteiger partial charge is 0.272 e. The van der Waals surface area contributed by atoms with Gasteiger partial charge >= 0.3 is 0 Å². The third-order valence-corrected chi connectivity index (χ3v) is 4.46. The SMILES string of the molecule is CC(=O)N1CCN(C(=O)c2ccnc(NCc3ccc(C)cc3)n2)CC1. The summed E-state index contributed by atoms with van der Waals surface area (Å²) in [4.78, 5) is 36.0. The van der Waals surface area contributed by atoms with E-state index in [0.717, 1.165) is 5.56 Å². The number of aromatic nitrogens is 2. The van der Waals surface area contributed by atoms with Gasteiger partial charge in [-0.25, -0.2) is 9.97 Å². The molecule has 0 atom stereocenters. The molecule has 2 aromatic rings. The number of anilines is 1. The van der Waals surface area contributed by atoms with Gasteiger partial charge in [0.15, 0.2) is 0 Å². The summed E-state index contributed by atoms with van der Waals surface area (Å²) in [5.74, 6) is 0.342. The molecule has 1 aromatic carbocycles. The predicted molar refractivity (Wildman–Crippen MR) is 98.7 cm³/mol. The van der Waals surface area contributed by atoms with Gasteiger partial charge in [-0.15, -0.1) is 0 Å². The maximum atomic E-state index is 12.6. The maximum Gasteiger partial charge on any atom is 0.272 e. The van der Waals surface area contributed by atoms with E-state index < -0.39 is 0 Å². The number of hydrogen-bond donors (Lipinski definition) is 1. The van der Waals surface area contributed by atoms with Gasteiger partial charge < -0.3 is 15.1 Å². The fourth-order valence-corrected chi connectivity index (χ4v) is 2.84. The van der Waals surface area contributed by atoms with Crippen LogP contribution in [-0.2, 0) is 11.3 Å². The number of nitrogens with one attached hydrogen (secondary N) is 1. The number of piperazine rings is 1. The van der Waals surface area contributed by atoms with Crippen LogP contribution in [0.1, 0.15) is 28.5 Å². The molecule has 1 aliphatic heterocycles. The normalized spacial score (nSPS) is 14.2. The molecule has 3 rings (SSSR count). The zero-order valence-electron chi connectivity index (χ0n) is 15.1.